The minimum absolute atomic E-state index is 0.183. The quantitative estimate of drug-likeness (QED) is 0.881. The molecule has 2 fully saturated rings. The van der Waals surface area contributed by atoms with E-state index >= 15 is 0 Å². The first kappa shape index (κ1) is 12.6. The molecule has 0 radical (unpaired) electrons. The van der Waals surface area contributed by atoms with E-state index in [0.717, 1.165) is 30.6 Å². The Morgan fingerprint density at radius 2 is 2.19 bits per heavy atom. The van der Waals surface area contributed by atoms with Crippen molar-refractivity contribution in [2.24, 2.45) is 5.92 Å². The second-order valence-corrected chi connectivity index (χ2v) is 5.85. The van der Waals surface area contributed by atoms with Gasteiger partial charge in [0, 0.05) is 30.1 Å². The molecule has 1 aliphatic heterocycles. The molecule has 3 atom stereocenters. The van der Waals surface area contributed by atoms with E-state index < -0.39 is 5.97 Å². The Balaban J connectivity index is 1.84. The Hall–Kier alpha value is -2.14. The molecule has 2 aliphatic rings. The van der Waals surface area contributed by atoms with Gasteiger partial charge in [-0.25, -0.2) is 4.79 Å². The van der Waals surface area contributed by atoms with Crippen LogP contribution in [0.15, 0.2) is 30.5 Å². The number of hydrogen-bond donors (Lipinski definition) is 2. The normalized spacial score (nSPS) is 27.5. The third kappa shape index (κ3) is 1.74. The van der Waals surface area contributed by atoms with Crippen LogP contribution in [0.1, 0.15) is 23.2 Å². The maximum Gasteiger partial charge on any atom is 0.336 e. The Kier molecular flexibility index (Phi) is 2.65. The van der Waals surface area contributed by atoms with Gasteiger partial charge in [0.25, 0.3) is 0 Å². The molecule has 21 heavy (non-hydrogen) atoms. The highest BCUT2D eigenvalue weighted by atomic mass is 16.4. The summed E-state index contributed by atoms with van der Waals surface area (Å²) in [5.41, 5.74) is 2.00. The first-order valence-electron chi connectivity index (χ1n) is 7.22. The van der Waals surface area contributed by atoms with Crippen molar-refractivity contribution >= 4 is 22.6 Å². The van der Waals surface area contributed by atoms with Gasteiger partial charge in [-0.15, -0.1) is 0 Å². The molecule has 1 aromatic carbocycles. The van der Waals surface area contributed by atoms with Crippen LogP contribution in [0.2, 0.25) is 0 Å². The van der Waals surface area contributed by atoms with Gasteiger partial charge in [-0.1, -0.05) is 6.07 Å². The van der Waals surface area contributed by atoms with Crippen molar-refractivity contribution in [3.63, 3.8) is 0 Å². The fraction of sp³-hybridized carbons (Fsp3) is 0.375. The van der Waals surface area contributed by atoms with Crippen LogP contribution in [0, 0.1) is 5.92 Å². The number of rotatable bonds is 2. The van der Waals surface area contributed by atoms with Crippen molar-refractivity contribution in [1.29, 1.82) is 0 Å². The molecule has 1 saturated heterocycles. The summed E-state index contributed by atoms with van der Waals surface area (Å²) in [5.74, 6) is -0.583. The van der Waals surface area contributed by atoms with Gasteiger partial charge < -0.3 is 15.1 Å². The molecule has 1 aromatic heterocycles. The minimum atomic E-state index is -0.932. The van der Waals surface area contributed by atoms with E-state index in [1.54, 1.807) is 24.4 Å². The number of aromatic carboxylic acids is 1. The van der Waals surface area contributed by atoms with Gasteiger partial charge in [0.2, 0.25) is 0 Å². The molecule has 1 aliphatic carbocycles. The highest BCUT2D eigenvalue weighted by Gasteiger charge is 2.48. The predicted molar refractivity (Wildman–Crippen MR) is 78.6 cm³/mol. The van der Waals surface area contributed by atoms with Gasteiger partial charge in [-0.3, -0.25) is 4.98 Å². The number of nitrogens with zero attached hydrogens (tertiary/aromatic N) is 2. The Bertz CT molecular complexity index is 731. The molecule has 4 rings (SSSR count). The van der Waals surface area contributed by atoms with Gasteiger partial charge in [0.05, 0.1) is 22.9 Å². The van der Waals surface area contributed by atoms with Gasteiger partial charge in [0.1, 0.15) is 0 Å². The zero-order valence-electron chi connectivity index (χ0n) is 11.4. The fourth-order valence-corrected chi connectivity index (χ4v) is 3.73. The Morgan fingerprint density at radius 3 is 2.90 bits per heavy atom. The summed E-state index contributed by atoms with van der Waals surface area (Å²) in [6.45, 7) is 0.893. The van der Waals surface area contributed by atoms with Crippen molar-refractivity contribution in [2.75, 3.05) is 11.4 Å². The number of benzene rings is 1. The van der Waals surface area contributed by atoms with Gasteiger partial charge in [-0.2, -0.15) is 0 Å². The number of anilines is 1. The van der Waals surface area contributed by atoms with E-state index in [4.69, 9.17) is 0 Å². The van der Waals surface area contributed by atoms with Crippen LogP contribution >= 0.6 is 0 Å². The largest absolute Gasteiger partial charge is 0.478 e. The average molecular weight is 284 g/mol. The smallest absolute Gasteiger partial charge is 0.336 e. The molecule has 5 heteroatoms. The standard InChI is InChI=1S/C16H16N2O3/c19-14-8-13-11(14)5-7-18(13)12-4-3-10(16(20)21)9-2-1-6-17-15(9)12/h1-4,6,11,13-14,19H,5,7-8H2,(H,20,21)/t11-,13-,14+/m0/s1. The summed E-state index contributed by atoms with van der Waals surface area (Å²) in [7, 11) is 0. The number of aliphatic hydroxyl groups is 1. The summed E-state index contributed by atoms with van der Waals surface area (Å²) in [6, 6.07) is 7.44. The molecule has 0 unspecified atom stereocenters. The van der Waals surface area contributed by atoms with Crippen LogP contribution in [0.25, 0.3) is 10.9 Å². The Morgan fingerprint density at radius 1 is 1.33 bits per heavy atom. The van der Waals surface area contributed by atoms with Crippen molar-refractivity contribution in [1.82, 2.24) is 4.98 Å². The first-order valence-corrected chi connectivity index (χ1v) is 7.22. The van der Waals surface area contributed by atoms with Crippen molar-refractivity contribution in [2.45, 2.75) is 25.0 Å². The second-order valence-electron chi connectivity index (χ2n) is 5.85. The third-order valence-electron chi connectivity index (χ3n) is 4.86. The lowest BCUT2D eigenvalue weighted by molar-refractivity contribution is 0.0190. The molecule has 0 spiro atoms. The molecule has 108 valence electrons. The number of carbonyl (C=O) groups is 1. The van der Waals surface area contributed by atoms with Crippen molar-refractivity contribution in [3.05, 3.63) is 36.0 Å². The number of carboxylic acid groups (broad SMARTS) is 1. The summed E-state index contributed by atoms with van der Waals surface area (Å²) < 4.78 is 0. The van der Waals surface area contributed by atoms with Crippen LogP contribution < -0.4 is 4.90 Å². The van der Waals surface area contributed by atoms with Gasteiger partial charge in [-0.05, 0) is 31.0 Å². The van der Waals surface area contributed by atoms with Crippen molar-refractivity contribution in [3.8, 4) is 0 Å². The maximum absolute atomic E-state index is 11.3. The molecular weight excluding hydrogens is 268 g/mol. The highest BCUT2D eigenvalue weighted by Crippen LogP contribution is 2.44. The number of hydrogen-bond acceptors (Lipinski definition) is 4. The highest BCUT2D eigenvalue weighted by molar-refractivity contribution is 6.06. The minimum Gasteiger partial charge on any atom is -0.478 e. The van der Waals surface area contributed by atoms with E-state index in [0.29, 0.717) is 17.3 Å². The van der Waals surface area contributed by atoms with Crippen LogP contribution in [0.3, 0.4) is 0 Å². The maximum atomic E-state index is 11.3. The molecule has 2 N–H and O–H groups in total. The van der Waals surface area contributed by atoms with E-state index in [1.165, 1.54) is 0 Å². The van der Waals surface area contributed by atoms with Gasteiger partial charge >= 0.3 is 5.97 Å². The lowest BCUT2D eigenvalue weighted by atomic mass is 9.77. The van der Waals surface area contributed by atoms with E-state index in [1.807, 2.05) is 6.07 Å². The SMILES string of the molecule is O=C(O)c1ccc(N2CC[C@@H]3[C@H](O)C[C@@H]32)c2ncccc12. The monoisotopic (exact) mass is 284 g/mol. The van der Waals surface area contributed by atoms with Crippen LogP contribution in [0.4, 0.5) is 5.69 Å². The zero-order valence-corrected chi connectivity index (χ0v) is 11.4. The predicted octanol–water partition coefficient (Wildman–Crippen LogP) is 1.89. The fourth-order valence-electron chi connectivity index (χ4n) is 3.73. The number of aliphatic hydroxyl groups excluding tert-OH is 1. The number of carboxylic acids is 1. The third-order valence-corrected chi connectivity index (χ3v) is 4.86. The number of aromatic nitrogens is 1. The molecule has 0 bridgehead atoms. The zero-order chi connectivity index (χ0) is 14.6. The second kappa shape index (κ2) is 4.43. The van der Waals surface area contributed by atoms with Crippen LogP contribution in [0.5, 0.6) is 0 Å². The summed E-state index contributed by atoms with van der Waals surface area (Å²) in [4.78, 5) is 18.0. The van der Waals surface area contributed by atoms with Crippen molar-refractivity contribution < 1.29 is 15.0 Å². The molecule has 1 saturated carbocycles. The molecule has 2 aromatic rings. The molecule has 2 heterocycles. The molecule has 0 amide bonds. The number of pyridine rings is 1. The topological polar surface area (TPSA) is 73.7 Å². The molecular formula is C16H16N2O3. The van der Waals surface area contributed by atoms with Crippen LogP contribution in [-0.2, 0) is 0 Å². The summed E-state index contributed by atoms with van der Waals surface area (Å²) >= 11 is 0. The number of fused-ring (bicyclic) bond motifs is 2. The molecule has 5 nitrogen and oxygen atoms in total. The summed E-state index contributed by atoms with van der Waals surface area (Å²) in [6.07, 6.45) is 3.29. The van der Waals surface area contributed by atoms with E-state index in [2.05, 4.69) is 9.88 Å². The van der Waals surface area contributed by atoms with Gasteiger partial charge in [0.15, 0.2) is 0 Å². The first-order chi connectivity index (χ1) is 10.2. The van der Waals surface area contributed by atoms with Crippen LogP contribution in [-0.4, -0.2) is 39.9 Å². The lowest BCUT2D eigenvalue weighted by Gasteiger charge is -2.41. The summed E-state index contributed by atoms with van der Waals surface area (Å²) in [5, 5.41) is 19.8. The average Bonchev–Trinajstić information content (AvgIpc) is 2.82. The van der Waals surface area contributed by atoms with E-state index in [-0.39, 0.29) is 11.7 Å². The van der Waals surface area contributed by atoms with E-state index in [9.17, 15) is 15.0 Å². The lowest BCUT2D eigenvalue weighted by Crippen LogP contribution is -2.49. The Labute approximate surface area is 121 Å².